The monoisotopic (exact) mass is 402 g/mol. The van der Waals surface area contributed by atoms with Gasteiger partial charge in [-0.1, -0.05) is 72.8 Å². The number of anilines is 1. The van der Waals surface area contributed by atoms with Crippen molar-refractivity contribution in [3.63, 3.8) is 0 Å². The molecule has 0 spiro atoms. The van der Waals surface area contributed by atoms with Gasteiger partial charge in [0.05, 0.1) is 17.1 Å². The van der Waals surface area contributed by atoms with E-state index in [0.717, 1.165) is 39.0 Å². The molecule has 1 aliphatic carbocycles. The van der Waals surface area contributed by atoms with Crippen molar-refractivity contribution in [1.29, 1.82) is 0 Å². The van der Waals surface area contributed by atoms with Crippen LogP contribution >= 0.6 is 0 Å². The van der Waals surface area contributed by atoms with Gasteiger partial charge in [-0.25, -0.2) is 0 Å². The second-order valence-electron chi connectivity index (χ2n) is 7.07. The van der Waals surface area contributed by atoms with E-state index in [4.69, 9.17) is 0 Å². The molecule has 0 saturated carbocycles. The standard InChI is InChI=1S/C26H18N4O/c31-25-17-14-18-8-4-5-11-20(18)26(25)30-29-24-16-15-23(21-12-6-7-13-22(21)24)28-27-19-9-2-1-3-10-19/h1-17,29H. The number of nitrogens with zero attached hydrogens (tertiary/aromatic N) is 3. The Morgan fingerprint density at radius 3 is 2.26 bits per heavy atom. The number of ketones is 1. The highest BCUT2D eigenvalue weighted by Crippen LogP contribution is 2.33. The lowest BCUT2D eigenvalue weighted by atomic mass is 9.95. The molecule has 0 unspecified atom stereocenters. The third-order valence-electron chi connectivity index (χ3n) is 5.08. The number of carbonyl (C=O) groups excluding carboxylic acids is 1. The Bertz CT molecular complexity index is 1370. The summed E-state index contributed by atoms with van der Waals surface area (Å²) in [7, 11) is 0. The summed E-state index contributed by atoms with van der Waals surface area (Å²) in [5.74, 6) is -0.121. The maximum Gasteiger partial charge on any atom is 0.206 e. The summed E-state index contributed by atoms with van der Waals surface area (Å²) in [6.45, 7) is 0. The zero-order valence-corrected chi connectivity index (χ0v) is 16.6. The summed E-state index contributed by atoms with van der Waals surface area (Å²) in [4.78, 5) is 12.4. The van der Waals surface area contributed by atoms with E-state index in [2.05, 4.69) is 20.8 Å². The van der Waals surface area contributed by atoms with Crippen molar-refractivity contribution in [3.05, 3.63) is 108 Å². The van der Waals surface area contributed by atoms with E-state index in [-0.39, 0.29) is 5.78 Å². The molecule has 0 fully saturated rings. The first-order chi connectivity index (χ1) is 15.3. The number of nitrogens with one attached hydrogen (secondary N) is 1. The third kappa shape index (κ3) is 3.76. The van der Waals surface area contributed by atoms with Crippen LogP contribution in [0.15, 0.2) is 112 Å². The molecule has 0 radical (unpaired) electrons. The number of benzene rings is 4. The van der Waals surface area contributed by atoms with Gasteiger partial charge in [0.2, 0.25) is 5.78 Å². The Morgan fingerprint density at radius 1 is 0.645 bits per heavy atom. The molecule has 5 heteroatoms. The van der Waals surface area contributed by atoms with Gasteiger partial charge in [0, 0.05) is 16.3 Å². The molecule has 1 N–H and O–H groups in total. The normalized spacial score (nSPS) is 14.3. The maximum atomic E-state index is 12.4. The summed E-state index contributed by atoms with van der Waals surface area (Å²) < 4.78 is 0. The Kier molecular flexibility index (Phi) is 4.91. The number of azo groups is 1. The number of fused-ring (bicyclic) bond motifs is 2. The number of allylic oxidation sites excluding steroid dienone is 1. The fourth-order valence-electron chi connectivity index (χ4n) is 3.54. The largest absolute Gasteiger partial charge is 0.287 e. The molecular weight excluding hydrogens is 384 g/mol. The first-order valence-electron chi connectivity index (χ1n) is 9.94. The van der Waals surface area contributed by atoms with Crippen molar-refractivity contribution < 1.29 is 4.79 Å². The van der Waals surface area contributed by atoms with E-state index in [9.17, 15) is 4.79 Å². The maximum absolute atomic E-state index is 12.4. The molecule has 5 rings (SSSR count). The lowest BCUT2D eigenvalue weighted by Gasteiger charge is -2.13. The van der Waals surface area contributed by atoms with Crippen molar-refractivity contribution in [3.8, 4) is 0 Å². The van der Waals surface area contributed by atoms with E-state index in [0.29, 0.717) is 5.71 Å². The fourth-order valence-corrected chi connectivity index (χ4v) is 3.54. The zero-order valence-electron chi connectivity index (χ0n) is 16.6. The van der Waals surface area contributed by atoms with E-state index >= 15 is 0 Å². The number of hydrogen-bond donors (Lipinski definition) is 1. The molecule has 4 aromatic rings. The van der Waals surface area contributed by atoms with Crippen LogP contribution in [-0.2, 0) is 4.79 Å². The Balaban J connectivity index is 1.51. The average molecular weight is 402 g/mol. The van der Waals surface area contributed by atoms with Gasteiger partial charge in [-0.05, 0) is 35.9 Å². The fraction of sp³-hybridized carbons (Fsp3) is 0. The minimum atomic E-state index is -0.121. The highest BCUT2D eigenvalue weighted by molar-refractivity contribution is 6.52. The smallest absolute Gasteiger partial charge is 0.206 e. The third-order valence-corrected chi connectivity index (χ3v) is 5.08. The molecule has 0 bridgehead atoms. The number of carbonyl (C=O) groups is 1. The van der Waals surface area contributed by atoms with E-state index in [1.807, 2.05) is 97.1 Å². The Labute approximate surface area is 179 Å². The molecule has 5 nitrogen and oxygen atoms in total. The number of hydrogen-bond acceptors (Lipinski definition) is 5. The highest BCUT2D eigenvalue weighted by Gasteiger charge is 2.18. The summed E-state index contributed by atoms with van der Waals surface area (Å²) in [6.07, 6.45) is 3.37. The van der Waals surface area contributed by atoms with Gasteiger partial charge in [-0.15, -0.1) is 5.11 Å². The molecule has 1 aliphatic rings. The van der Waals surface area contributed by atoms with Crippen LogP contribution < -0.4 is 5.43 Å². The van der Waals surface area contributed by atoms with Gasteiger partial charge in [0.1, 0.15) is 5.71 Å². The predicted octanol–water partition coefficient (Wildman–Crippen LogP) is 6.67. The molecule has 31 heavy (non-hydrogen) atoms. The lowest BCUT2D eigenvalue weighted by Crippen LogP contribution is -2.19. The van der Waals surface area contributed by atoms with Crippen LogP contribution in [0.25, 0.3) is 16.8 Å². The molecule has 0 atom stereocenters. The predicted molar refractivity (Wildman–Crippen MR) is 125 cm³/mol. The topological polar surface area (TPSA) is 66.2 Å². The van der Waals surface area contributed by atoms with E-state index in [1.165, 1.54) is 0 Å². The molecule has 0 saturated heterocycles. The summed E-state index contributed by atoms with van der Waals surface area (Å²) in [5.41, 5.74) is 7.64. The molecule has 148 valence electrons. The Hall–Kier alpha value is -4.38. The summed E-state index contributed by atoms with van der Waals surface area (Å²) >= 11 is 0. The number of hydrazone groups is 1. The molecule has 0 aromatic heterocycles. The van der Waals surface area contributed by atoms with Crippen molar-refractivity contribution in [2.45, 2.75) is 0 Å². The van der Waals surface area contributed by atoms with Gasteiger partial charge < -0.3 is 0 Å². The van der Waals surface area contributed by atoms with Gasteiger partial charge in [0.25, 0.3) is 0 Å². The number of rotatable bonds is 4. The Morgan fingerprint density at radius 2 is 1.39 bits per heavy atom. The lowest BCUT2D eigenvalue weighted by molar-refractivity contribution is -0.108. The highest BCUT2D eigenvalue weighted by atomic mass is 16.1. The zero-order chi connectivity index (χ0) is 21.0. The van der Waals surface area contributed by atoms with Crippen LogP contribution in [0.3, 0.4) is 0 Å². The molecule has 0 heterocycles. The minimum Gasteiger partial charge on any atom is -0.287 e. The quantitative estimate of drug-likeness (QED) is 0.306. The first-order valence-corrected chi connectivity index (χ1v) is 9.94. The summed E-state index contributed by atoms with van der Waals surface area (Å²) in [6, 6.07) is 29.1. The van der Waals surface area contributed by atoms with Crippen LogP contribution in [0.4, 0.5) is 17.1 Å². The van der Waals surface area contributed by atoms with Crippen LogP contribution in [0.2, 0.25) is 0 Å². The SMILES string of the molecule is O=C1C=Cc2ccccc2C1=NNc1ccc(N=Nc2ccccc2)c2ccccc12. The van der Waals surface area contributed by atoms with Crippen molar-refractivity contribution in [1.82, 2.24) is 0 Å². The summed E-state index contributed by atoms with van der Waals surface area (Å²) in [5, 5.41) is 15.1. The van der Waals surface area contributed by atoms with Gasteiger partial charge in [-0.3, -0.25) is 10.2 Å². The second kappa shape index (κ2) is 8.16. The van der Waals surface area contributed by atoms with Crippen LogP contribution in [-0.4, -0.2) is 11.5 Å². The van der Waals surface area contributed by atoms with Crippen molar-refractivity contribution in [2.24, 2.45) is 15.3 Å². The van der Waals surface area contributed by atoms with E-state index in [1.54, 1.807) is 6.08 Å². The second-order valence-corrected chi connectivity index (χ2v) is 7.07. The average Bonchev–Trinajstić information content (AvgIpc) is 2.83. The van der Waals surface area contributed by atoms with Crippen LogP contribution in [0.1, 0.15) is 11.1 Å². The van der Waals surface area contributed by atoms with Crippen LogP contribution in [0, 0.1) is 0 Å². The van der Waals surface area contributed by atoms with Gasteiger partial charge in [0.15, 0.2) is 0 Å². The molecule has 0 aliphatic heterocycles. The van der Waals surface area contributed by atoms with E-state index < -0.39 is 0 Å². The van der Waals surface area contributed by atoms with Gasteiger partial charge in [-0.2, -0.15) is 10.2 Å². The molecule has 0 amide bonds. The van der Waals surface area contributed by atoms with Crippen molar-refractivity contribution >= 4 is 45.4 Å². The molecular formula is C26H18N4O. The first kappa shape index (κ1) is 18.6. The van der Waals surface area contributed by atoms with Crippen LogP contribution in [0.5, 0.6) is 0 Å². The molecule has 4 aromatic carbocycles. The van der Waals surface area contributed by atoms with Gasteiger partial charge >= 0.3 is 0 Å². The van der Waals surface area contributed by atoms with Crippen molar-refractivity contribution in [2.75, 3.05) is 5.43 Å². The minimum absolute atomic E-state index is 0.121.